The molecule has 4 rings (SSSR count). The molecule has 3 aromatic rings. The number of aromatic nitrogens is 3. The highest BCUT2D eigenvalue weighted by molar-refractivity contribution is 7.11. The Morgan fingerprint density at radius 3 is 2.81 bits per heavy atom. The zero-order valence-corrected chi connectivity index (χ0v) is 16.1. The van der Waals surface area contributed by atoms with E-state index in [2.05, 4.69) is 15.1 Å². The molecule has 0 spiro atoms. The Morgan fingerprint density at radius 1 is 1.30 bits per heavy atom. The molecule has 2 N–H and O–H groups in total. The van der Waals surface area contributed by atoms with Crippen molar-refractivity contribution in [2.24, 2.45) is 5.73 Å². The van der Waals surface area contributed by atoms with Crippen LogP contribution < -0.4 is 10.5 Å². The Labute approximate surface area is 161 Å². The number of primary amides is 1. The van der Waals surface area contributed by atoms with Crippen LogP contribution in [-0.2, 0) is 17.9 Å². The van der Waals surface area contributed by atoms with E-state index in [1.165, 1.54) is 0 Å². The van der Waals surface area contributed by atoms with Crippen LogP contribution in [0.5, 0.6) is 5.75 Å². The molecule has 8 heteroatoms. The maximum Gasteiger partial charge on any atom is 0.237 e. The fourth-order valence-electron chi connectivity index (χ4n) is 3.56. The van der Waals surface area contributed by atoms with Gasteiger partial charge in [-0.05, 0) is 38.0 Å². The third-order valence-electron chi connectivity index (χ3n) is 4.85. The third-order valence-corrected chi connectivity index (χ3v) is 5.68. The number of fused-ring (bicyclic) bond motifs is 1. The number of ether oxygens (including phenoxy) is 1. The molecule has 0 unspecified atom stereocenters. The minimum atomic E-state index is -0.350. The minimum absolute atomic E-state index is 0.177. The van der Waals surface area contributed by atoms with Gasteiger partial charge in [0.2, 0.25) is 5.91 Å². The van der Waals surface area contributed by atoms with Crippen LogP contribution in [0.4, 0.5) is 0 Å². The summed E-state index contributed by atoms with van der Waals surface area (Å²) < 4.78 is 8.17. The van der Waals surface area contributed by atoms with Crippen molar-refractivity contribution in [3.05, 3.63) is 40.5 Å². The monoisotopic (exact) mass is 385 g/mol. The van der Waals surface area contributed by atoms with Crippen molar-refractivity contribution in [2.45, 2.75) is 39.0 Å². The second-order valence-electron chi connectivity index (χ2n) is 6.91. The second kappa shape index (κ2) is 7.66. The van der Waals surface area contributed by atoms with Gasteiger partial charge in [0.25, 0.3) is 0 Å². The fourth-order valence-corrected chi connectivity index (χ4v) is 4.31. The van der Waals surface area contributed by atoms with Crippen LogP contribution in [0.25, 0.3) is 10.9 Å². The molecule has 3 heterocycles. The highest BCUT2D eigenvalue weighted by Gasteiger charge is 2.22. The summed E-state index contributed by atoms with van der Waals surface area (Å²) in [4.78, 5) is 13.6. The molecule has 7 nitrogen and oxygen atoms in total. The number of nitrogens with two attached hydrogens (primary N) is 1. The van der Waals surface area contributed by atoms with Gasteiger partial charge in [-0.1, -0.05) is 6.07 Å². The normalized spacial score (nSPS) is 16.0. The van der Waals surface area contributed by atoms with E-state index in [0.717, 1.165) is 59.1 Å². The molecule has 0 atom stereocenters. The van der Waals surface area contributed by atoms with Gasteiger partial charge >= 0.3 is 0 Å². The maximum absolute atomic E-state index is 11.2. The molecule has 1 aliphatic rings. The van der Waals surface area contributed by atoms with Gasteiger partial charge in [0.15, 0.2) is 0 Å². The largest absolute Gasteiger partial charge is 0.490 e. The first-order valence-corrected chi connectivity index (χ1v) is 9.94. The summed E-state index contributed by atoms with van der Waals surface area (Å²) in [7, 11) is 0. The van der Waals surface area contributed by atoms with E-state index in [9.17, 15) is 4.79 Å². The van der Waals surface area contributed by atoms with Crippen LogP contribution in [0.3, 0.4) is 0 Å². The number of benzene rings is 1. The molecule has 1 saturated heterocycles. The van der Waals surface area contributed by atoms with Crippen LogP contribution in [0.2, 0.25) is 0 Å². The van der Waals surface area contributed by atoms with E-state index < -0.39 is 0 Å². The Balaban J connectivity index is 1.39. The van der Waals surface area contributed by atoms with Gasteiger partial charge in [-0.15, -0.1) is 21.5 Å². The van der Waals surface area contributed by atoms with Crippen molar-refractivity contribution in [2.75, 3.05) is 13.1 Å². The number of aryl methyl sites for hydroxylation is 1. The number of carbonyl (C=O) groups is 1. The predicted octanol–water partition coefficient (Wildman–Crippen LogP) is 2.33. The summed E-state index contributed by atoms with van der Waals surface area (Å²) in [6.45, 7) is 5.00. The topological polar surface area (TPSA) is 86.3 Å². The minimum Gasteiger partial charge on any atom is -0.490 e. The smallest absolute Gasteiger partial charge is 0.237 e. The van der Waals surface area contributed by atoms with Gasteiger partial charge in [-0.2, -0.15) is 0 Å². The highest BCUT2D eigenvalue weighted by atomic mass is 32.1. The van der Waals surface area contributed by atoms with E-state index in [-0.39, 0.29) is 18.6 Å². The molecule has 1 fully saturated rings. The SMILES string of the molecule is Cc1nnc(CN2CCC(Oc3cccc4c3ccn4CC(N)=O)CC2)s1. The van der Waals surface area contributed by atoms with Crippen LogP contribution in [0.1, 0.15) is 22.9 Å². The van der Waals surface area contributed by atoms with Crippen LogP contribution >= 0.6 is 11.3 Å². The summed E-state index contributed by atoms with van der Waals surface area (Å²) >= 11 is 1.66. The molecule has 0 radical (unpaired) electrons. The van der Waals surface area contributed by atoms with Crippen molar-refractivity contribution in [3.63, 3.8) is 0 Å². The van der Waals surface area contributed by atoms with Gasteiger partial charge < -0.3 is 15.0 Å². The number of amides is 1. The number of hydrogen-bond donors (Lipinski definition) is 1. The molecule has 142 valence electrons. The van der Waals surface area contributed by atoms with E-state index in [4.69, 9.17) is 10.5 Å². The average Bonchev–Trinajstić information content (AvgIpc) is 3.23. The summed E-state index contributed by atoms with van der Waals surface area (Å²) in [6.07, 6.45) is 4.05. The lowest BCUT2D eigenvalue weighted by Crippen LogP contribution is -2.37. The summed E-state index contributed by atoms with van der Waals surface area (Å²) in [5.41, 5.74) is 6.30. The van der Waals surface area contributed by atoms with Gasteiger partial charge in [-0.3, -0.25) is 9.69 Å². The summed E-state index contributed by atoms with van der Waals surface area (Å²) in [5, 5.41) is 11.4. The first-order chi connectivity index (χ1) is 13.1. The predicted molar refractivity (Wildman–Crippen MR) is 105 cm³/mol. The molecule has 1 aromatic carbocycles. The first kappa shape index (κ1) is 17.9. The van der Waals surface area contributed by atoms with Gasteiger partial charge in [0.1, 0.15) is 28.4 Å². The molecule has 0 saturated carbocycles. The zero-order valence-electron chi connectivity index (χ0n) is 15.3. The maximum atomic E-state index is 11.2. The first-order valence-electron chi connectivity index (χ1n) is 9.12. The van der Waals surface area contributed by atoms with E-state index >= 15 is 0 Å². The molecular weight excluding hydrogens is 362 g/mol. The Hall–Kier alpha value is -2.45. The molecular formula is C19H23N5O2S. The quantitative estimate of drug-likeness (QED) is 0.704. The van der Waals surface area contributed by atoms with Gasteiger partial charge in [-0.25, -0.2) is 0 Å². The van der Waals surface area contributed by atoms with Crippen molar-refractivity contribution >= 4 is 28.1 Å². The zero-order chi connectivity index (χ0) is 18.8. The van der Waals surface area contributed by atoms with Gasteiger partial charge in [0, 0.05) is 24.7 Å². The van der Waals surface area contributed by atoms with Crippen molar-refractivity contribution in [1.29, 1.82) is 0 Å². The lowest BCUT2D eigenvalue weighted by atomic mass is 10.1. The standard InChI is InChI=1S/C19H23N5O2S/c1-13-21-22-19(27-13)12-23-8-5-14(6-9-23)26-17-4-2-3-16-15(17)7-10-24(16)11-18(20)25/h2-4,7,10,14H,5-6,8-9,11-12H2,1H3,(H2,20,25). The Kier molecular flexibility index (Phi) is 5.09. The average molecular weight is 385 g/mol. The molecule has 0 aliphatic carbocycles. The van der Waals surface area contributed by atoms with Crippen LogP contribution in [0.15, 0.2) is 30.5 Å². The van der Waals surface area contributed by atoms with E-state index in [1.807, 2.05) is 42.0 Å². The third kappa shape index (κ3) is 4.12. The molecule has 2 aromatic heterocycles. The number of nitrogens with zero attached hydrogens (tertiary/aromatic N) is 4. The Bertz CT molecular complexity index is 943. The van der Waals surface area contributed by atoms with Gasteiger partial charge in [0.05, 0.1) is 12.1 Å². The number of likely N-dealkylation sites (tertiary alicyclic amines) is 1. The molecule has 0 bridgehead atoms. The second-order valence-corrected chi connectivity index (χ2v) is 8.17. The van der Waals surface area contributed by atoms with Crippen LogP contribution in [-0.4, -0.2) is 44.8 Å². The lowest BCUT2D eigenvalue weighted by molar-refractivity contribution is -0.118. The molecule has 27 heavy (non-hydrogen) atoms. The van der Waals surface area contributed by atoms with Crippen molar-refractivity contribution in [1.82, 2.24) is 19.7 Å². The summed E-state index contributed by atoms with van der Waals surface area (Å²) in [6, 6.07) is 7.92. The lowest BCUT2D eigenvalue weighted by Gasteiger charge is -2.31. The van der Waals surface area contributed by atoms with Crippen molar-refractivity contribution < 1.29 is 9.53 Å². The fraction of sp³-hybridized carbons (Fsp3) is 0.421. The number of hydrogen-bond acceptors (Lipinski definition) is 6. The summed E-state index contributed by atoms with van der Waals surface area (Å²) in [5.74, 6) is 0.519. The molecule has 1 aliphatic heterocycles. The number of carbonyl (C=O) groups excluding carboxylic acids is 1. The molecule has 1 amide bonds. The van der Waals surface area contributed by atoms with E-state index in [0.29, 0.717) is 0 Å². The number of rotatable bonds is 6. The van der Waals surface area contributed by atoms with E-state index in [1.54, 1.807) is 11.3 Å². The Morgan fingerprint density at radius 2 is 2.11 bits per heavy atom. The number of piperidine rings is 1. The highest BCUT2D eigenvalue weighted by Crippen LogP contribution is 2.29. The van der Waals surface area contributed by atoms with Crippen molar-refractivity contribution in [3.8, 4) is 5.75 Å². The van der Waals surface area contributed by atoms with Crippen LogP contribution in [0, 0.1) is 6.92 Å².